The number of hydroxylamine groups is 1. The van der Waals surface area contributed by atoms with Crippen molar-refractivity contribution in [3.63, 3.8) is 0 Å². The molecule has 0 rings (SSSR count). The van der Waals surface area contributed by atoms with Gasteiger partial charge in [-0.05, 0) is 6.42 Å². The minimum absolute atomic E-state index is 0.217. The maximum Gasteiger partial charge on any atom is 0.267 e. The maximum absolute atomic E-state index is 11.4. The van der Waals surface area contributed by atoms with E-state index in [0.717, 1.165) is 17.4 Å². The lowest BCUT2D eigenvalue weighted by atomic mass is 9.96. The molecule has 0 aliphatic carbocycles. The highest BCUT2D eigenvalue weighted by molar-refractivity contribution is 6.20. The molecule has 0 fully saturated rings. The molecule has 0 heterocycles. The molecule has 0 N–H and O–H groups in total. The number of carbonyl (C=O) groups excluding carboxylic acids is 1. The summed E-state index contributed by atoms with van der Waals surface area (Å²) in [6.45, 7) is 7.94. The van der Waals surface area contributed by atoms with Crippen LogP contribution >= 0.6 is 11.8 Å². The largest absolute Gasteiger partial charge is 0.271 e. The third-order valence-electron chi connectivity index (χ3n) is 1.50. The highest BCUT2D eigenvalue weighted by Crippen LogP contribution is 2.18. The minimum atomic E-state index is -0.492. The van der Waals surface area contributed by atoms with Gasteiger partial charge in [0.2, 0.25) is 0 Å². The molecule has 1 amide bonds. The molecule has 0 saturated heterocycles. The molecule has 3 nitrogen and oxygen atoms in total. The van der Waals surface area contributed by atoms with E-state index in [4.69, 9.17) is 16.6 Å². The molecule has 0 aliphatic heterocycles. The molecular formula is C9H18ClNO2. The van der Waals surface area contributed by atoms with Crippen LogP contribution in [0.3, 0.4) is 0 Å². The van der Waals surface area contributed by atoms with E-state index in [1.54, 1.807) is 20.8 Å². The predicted molar refractivity (Wildman–Crippen MR) is 53.0 cm³/mol. The molecule has 13 heavy (non-hydrogen) atoms. The number of unbranched alkanes of at least 4 members (excludes halogenated alkanes) is 1. The van der Waals surface area contributed by atoms with E-state index in [2.05, 4.69) is 0 Å². The molecule has 0 bridgehead atoms. The number of halogens is 1. The van der Waals surface area contributed by atoms with Crippen LogP contribution < -0.4 is 0 Å². The van der Waals surface area contributed by atoms with Gasteiger partial charge in [-0.3, -0.25) is 9.63 Å². The summed E-state index contributed by atoms with van der Waals surface area (Å²) in [6, 6.07) is 0. The zero-order valence-corrected chi connectivity index (χ0v) is 9.52. The van der Waals surface area contributed by atoms with E-state index in [0.29, 0.717) is 6.61 Å². The fraction of sp³-hybridized carbons (Fsp3) is 0.889. The Bertz CT molecular complexity index is 165. The second-order valence-electron chi connectivity index (χ2n) is 3.99. The summed E-state index contributed by atoms with van der Waals surface area (Å²) in [7, 11) is 0. The lowest BCUT2D eigenvalue weighted by Gasteiger charge is -2.22. The number of rotatable bonds is 4. The number of amides is 1. The Morgan fingerprint density at radius 1 is 1.46 bits per heavy atom. The average molecular weight is 208 g/mol. The van der Waals surface area contributed by atoms with Gasteiger partial charge in [0, 0.05) is 17.2 Å². The van der Waals surface area contributed by atoms with Crippen LogP contribution in [-0.4, -0.2) is 17.1 Å². The van der Waals surface area contributed by atoms with Crippen LogP contribution in [0.25, 0.3) is 0 Å². The molecular weight excluding hydrogens is 190 g/mol. The SMILES string of the molecule is CCCCON(Cl)C(=O)C(C)(C)C. The molecule has 0 unspecified atom stereocenters. The molecule has 0 aromatic rings. The Labute approximate surface area is 85.1 Å². The van der Waals surface area contributed by atoms with E-state index >= 15 is 0 Å². The van der Waals surface area contributed by atoms with Crippen molar-refractivity contribution >= 4 is 17.7 Å². The molecule has 78 valence electrons. The smallest absolute Gasteiger partial charge is 0.267 e. The number of carbonyl (C=O) groups is 1. The second-order valence-corrected chi connectivity index (χ2v) is 4.29. The predicted octanol–water partition coefficient (Wildman–Crippen LogP) is 2.75. The molecule has 0 saturated carbocycles. The zero-order valence-electron chi connectivity index (χ0n) is 8.76. The summed E-state index contributed by atoms with van der Waals surface area (Å²) in [5.41, 5.74) is -0.492. The summed E-state index contributed by atoms with van der Waals surface area (Å²) in [4.78, 5) is 16.4. The van der Waals surface area contributed by atoms with Crippen molar-refractivity contribution in [2.75, 3.05) is 6.61 Å². The van der Waals surface area contributed by atoms with Crippen molar-refractivity contribution in [1.82, 2.24) is 4.58 Å². The van der Waals surface area contributed by atoms with Gasteiger partial charge < -0.3 is 0 Å². The van der Waals surface area contributed by atoms with Gasteiger partial charge in [-0.1, -0.05) is 34.1 Å². The third kappa shape index (κ3) is 5.11. The average Bonchev–Trinajstić information content (AvgIpc) is 2.01. The third-order valence-corrected chi connectivity index (χ3v) is 1.75. The Hall–Kier alpha value is -0.280. The fourth-order valence-corrected chi connectivity index (χ4v) is 0.934. The number of hydrogen-bond donors (Lipinski definition) is 0. The van der Waals surface area contributed by atoms with Crippen LogP contribution in [0.5, 0.6) is 0 Å². The van der Waals surface area contributed by atoms with Gasteiger partial charge in [-0.2, -0.15) is 0 Å². The summed E-state index contributed by atoms with van der Waals surface area (Å²) in [5, 5.41) is 0. The molecule has 0 spiro atoms. The Morgan fingerprint density at radius 2 is 2.00 bits per heavy atom. The first-order valence-corrected chi connectivity index (χ1v) is 4.86. The second kappa shape index (κ2) is 5.45. The maximum atomic E-state index is 11.4. The minimum Gasteiger partial charge on any atom is -0.271 e. The summed E-state index contributed by atoms with van der Waals surface area (Å²) < 4.78 is 0.815. The van der Waals surface area contributed by atoms with Crippen LogP contribution in [0, 0.1) is 5.41 Å². The first-order chi connectivity index (χ1) is 5.89. The molecule has 0 atom stereocenters. The van der Waals surface area contributed by atoms with Crippen molar-refractivity contribution in [2.45, 2.75) is 40.5 Å². The molecule has 0 aromatic carbocycles. The lowest BCUT2D eigenvalue weighted by molar-refractivity contribution is -0.167. The highest BCUT2D eigenvalue weighted by atomic mass is 35.5. The zero-order chi connectivity index (χ0) is 10.5. The van der Waals surface area contributed by atoms with Gasteiger partial charge in [0.25, 0.3) is 5.91 Å². The van der Waals surface area contributed by atoms with Gasteiger partial charge in [0.05, 0.1) is 6.61 Å². The van der Waals surface area contributed by atoms with E-state index < -0.39 is 5.41 Å². The van der Waals surface area contributed by atoms with Crippen molar-refractivity contribution in [3.8, 4) is 0 Å². The monoisotopic (exact) mass is 207 g/mol. The van der Waals surface area contributed by atoms with Gasteiger partial charge in [0.15, 0.2) is 0 Å². The van der Waals surface area contributed by atoms with E-state index in [1.807, 2.05) is 6.92 Å². The number of hydrogen-bond acceptors (Lipinski definition) is 2. The van der Waals surface area contributed by atoms with Crippen molar-refractivity contribution in [2.24, 2.45) is 5.41 Å². The van der Waals surface area contributed by atoms with Crippen molar-refractivity contribution in [1.29, 1.82) is 0 Å². The van der Waals surface area contributed by atoms with Crippen molar-refractivity contribution < 1.29 is 9.63 Å². The van der Waals surface area contributed by atoms with Gasteiger partial charge in [-0.15, -0.1) is 4.58 Å². The lowest BCUT2D eigenvalue weighted by Crippen LogP contribution is -2.33. The van der Waals surface area contributed by atoms with Crippen LogP contribution in [0.1, 0.15) is 40.5 Å². The molecule has 0 aliphatic rings. The Kier molecular flexibility index (Phi) is 5.33. The van der Waals surface area contributed by atoms with E-state index in [-0.39, 0.29) is 5.91 Å². The quantitative estimate of drug-likeness (QED) is 0.403. The van der Waals surface area contributed by atoms with Gasteiger partial charge in [0.1, 0.15) is 0 Å². The van der Waals surface area contributed by atoms with Crippen LogP contribution in [0.2, 0.25) is 0 Å². The van der Waals surface area contributed by atoms with Crippen LogP contribution in [-0.2, 0) is 9.63 Å². The topological polar surface area (TPSA) is 29.5 Å². The first kappa shape index (κ1) is 12.7. The van der Waals surface area contributed by atoms with E-state index in [1.165, 1.54) is 0 Å². The summed E-state index contributed by atoms with van der Waals surface area (Å²) in [5.74, 6) is -0.217. The van der Waals surface area contributed by atoms with E-state index in [9.17, 15) is 4.79 Å². The summed E-state index contributed by atoms with van der Waals surface area (Å²) in [6.07, 6.45) is 1.93. The summed E-state index contributed by atoms with van der Waals surface area (Å²) >= 11 is 5.61. The first-order valence-electron chi connectivity index (χ1n) is 4.53. The standard InChI is InChI=1S/C9H18ClNO2/c1-5-6-7-13-11(10)8(12)9(2,3)4/h5-7H2,1-4H3. The molecule has 0 aromatic heterocycles. The van der Waals surface area contributed by atoms with Crippen LogP contribution in [0.4, 0.5) is 0 Å². The van der Waals surface area contributed by atoms with Crippen molar-refractivity contribution in [3.05, 3.63) is 0 Å². The van der Waals surface area contributed by atoms with Crippen LogP contribution in [0.15, 0.2) is 0 Å². The van der Waals surface area contributed by atoms with Gasteiger partial charge in [-0.25, -0.2) is 0 Å². The molecule has 4 heteroatoms. The Balaban J connectivity index is 3.84. The molecule has 0 radical (unpaired) electrons. The fourth-order valence-electron chi connectivity index (χ4n) is 0.611. The normalized spacial score (nSPS) is 11.5. The number of nitrogens with zero attached hydrogens (tertiary/aromatic N) is 1. The Morgan fingerprint density at radius 3 is 2.38 bits per heavy atom. The van der Waals surface area contributed by atoms with Gasteiger partial charge >= 0.3 is 0 Å². The highest BCUT2D eigenvalue weighted by Gasteiger charge is 2.27.